The number of carbonyl (C=O) groups is 1. The van der Waals surface area contributed by atoms with Crippen LogP contribution >= 0.6 is 0 Å². The van der Waals surface area contributed by atoms with Crippen molar-refractivity contribution in [2.45, 2.75) is 19.6 Å². The molecule has 25 heavy (non-hydrogen) atoms. The summed E-state index contributed by atoms with van der Waals surface area (Å²) < 4.78 is 16.1. The smallest absolute Gasteiger partial charge is 0.311 e. The highest BCUT2D eigenvalue weighted by atomic mass is 16.6. The number of benzene rings is 2. The number of nitro groups is 1. The van der Waals surface area contributed by atoms with E-state index >= 15 is 0 Å². The summed E-state index contributed by atoms with van der Waals surface area (Å²) in [5.74, 6) is -0.455. The first-order chi connectivity index (χ1) is 12.0. The molecule has 0 saturated heterocycles. The lowest BCUT2D eigenvalue weighted by atomic mass is 10.1. The van der Waals surface area contributed by atoms with Crippen molar-refractivity contribution in [1.29, 1.82) is 0 Å². The molecule has 0 saturated carbocycles. The van der Waals surface area contributed by atoms with Gasteiger partial charge in [0.15, 0.2) is 6.10 Å². The van der Waals surface area contributed by atoms with Crippen molar-refractivity contribution in [3.63, 3.8) is 0 Å². The van der Waals surface area contributed by atoms with E-state index in [0.29, 0.717) is 12.2 Å². The van der Waals surface area contributed by atoms with Gasteiger partial charge in [-0.1, -0.05) is 42.5 Å². The van der Waals surface area contributed by atoms with Gasteiger partial charge in [-0.05, 0) is 5.56 Å². The van der Waals surface area contributed by atoms with Crippen LogP contribution in [-0.2, 0) is 20.9 Å². The van der Waals surface area contributed by atoms with Gasteiger partial charge in [0.2, 0.25) is 5.75 Å². The highest BCUT2D eigenvalue weighted by molar-refractivity contribution is 5.66. The Balaban J connectivity index is 2.20. The van der Waals surface area contributed by atoms with Gasteiger partial charge in [0.25, 0.3) is 0 Å². The molecule has 0 bridgehead atoms. The zero-order valence-corrected chi connectivity index (χ0v) is 14.0. The molecule has 0 amide bonds. The van der Waals surface area contributed by atoms with Crippen molar-refractivity contribution in [3.05, 3.63) is 69.8 Å². The Kier molecular flexibility index (Phi) is 6.47. The number of rotatable bonds is 8. The number of para-hydroxylation sites is 1. The Morgan fingerprint density at radius 2 is 1.88 bits per heavy atom. The molecule has 1 atom stereocenters. The normalized spacial score (nSPS) is 11.6. The minimum Gasteiger partial charge on any atom is -0.490 e. The third-order valence-electron chi connectivity index (χ3n) is 3.46. The fourth-order valence-corrected chi connectivity index (χ4v) is 2.41. The molecule has 0 heterocycles. The van der Waals surface area contributed by atoms with Crippen LogP contribution in [0.5, 0.6) is 5.75 Å². The van der Waals surface area contributed by atoms with Gasteiger partial charge in [0.05, 0.1) is 25.2 Å². The third kappa shape index (κ3) is 5.02. The highest BCUT2D eigenvalue weighted by Crippen LogP contribution is 2.36. The molecule has 2 rings (SSSR count). The second-order valence-electron chi connectivity index (χ2n) is 5.26. The van der Waals surface area contributed by atoms with E-state index in [1.807, 2.05) is 30.3 Å². The molecule has 0 radical (unpaired) electrons. The lowest BCUT2D eigenvalue weighted by Gasteiger charge is -2.19. The second kappa shape index (κ2) is 8.79. The van der Waals surface area contributed by atoms with E-state index in [2.05, 4.69) is 0 Å². The highest BCUT2D eigenvalue weighted by Gasteiger charge is 2.26. The summed E-state index contributed by atoms with van der Waals surface area (Å²) in [5.41, 5.74) is 1.16. The summed E-state index contributed by atoms with van der Waals surface area (Å²) in [4.78, 5) is 22.0. The van der Waals surface area contributed by atoms with E-state index in [9.17, 15) is 14.9 Å². The predicted molar refractivity (Wildman–Crippen MR) is 90.3 cm³/mol. The maximum absolute atomic E-state index is 11.4. The second-order valence-corrected chi connectivity index (χ2v) is 5.26. The van der Waals surface area contributed by atoms with Gasteiger partial charge < -0.3 is 14.2 Å². The maximum atomic E-state index is 11.4. The minimum atomic E-state index is -0.809. The summed E-state index contributed by atoms with van der Waals surface area (Å²) in [6.45, 7) is 1.65. The standard InChI is InChI=1S/C18H19NO6/c1-13(20)25-17(12-24-11-14-7-4-3-5-8-14)15-9-6-10-16(19(21)22)18(15)23-2/h3-10,17H,11-12H2,1-2H3. The van der Waals surface area contributed by atoms with E-state index < -0.39 is 17.0 Å². The van der Waals surface area contributed by atoms with Crippen LogP contribution < -0.4 is 4.74 Å². The van der Waals surface area contributed by atoms with Gasteiger partial charge in [0.1, 0.15) is 0 Å². The van der Waals surface area contributed by atoms with Crippen molar-refractivity contribution in [3.8, 4) is 5.75 Å². The monoisotopic (exact) mass is 345 g/mol. The molecule has 0 aliphatic carbocycles. The SMILES string of the molecule is COc1c(C(COCc2ccccc2)OC(C)=O)cccc1[N+](=O)[O-]. The molecule has 0 aliphatic heterocycles. The molecule has 1 unspecified atom stereocenters. The van der Waals surface area contributed by atoms with E-state index in [1.165, 1.54) is 26.2 Å². The van der Waals surface area contributed by atoms with Gasteiger partial charge in [-0.25, -0.2) is 0 Å². The summed E-state index contributed by atoms with van der Waals surface area (Å²) in [7, 11) is 1.33. The van der Waals surface area contributed by atoms with E-state index in [4.69, 9.17) is 14.2 Å². The molecular formula is C18H19NO6. The number of methoxy groups -OCH3 is 1. The summed E-state index contributed by atoms with van der Waals surface area (Å²) >= 11 is 0. The summed E-state index contributed by atoms with van der Waals surface area (Å²) in [6, 6.07) is 14.0. The molecule has 7 nitrogen and oxygen atoms in total. The van der Waals surface area contributed by atoms with Crippen molar-refractivity contribution in [1.82, 2.24) is 0 Å². The van der Waals surface area contributed by atoms with Crippen LogP contribution in [0.25, 0.3) is 0 Å². The van der Waals surface area contributed by atoms with Crippen molar-refractivity contribution < 1.29 is 23.9 Å². The number of ether oxygens (including phenoxy) is 3. The van der Waals surface area contributed by atoms with Gasteiger partial charge >= 0.3 is 11.7 Å². The zero-order valence-electron chi connectivity index (χ0n) is 14.0. The topological polar surface area (TPSA) is 87.9 Å². The number of nitrogens with zero attached hydrogens (tertiary/aromatic N) is 1. The molecule has 0 fully saturated rings. The van der Waals surface area contributed by atoms with E-state index in [-0.39, 0.29) is 18.0 Å². The average molecular weight is 345 g/mol. The van der Waals surface area contributed by atoms with Crippen molar-refractivity contribution in [2.75, 3.05) is 13.7 Å². The molecule has 0 spiro atoms. The van der Waals surface area contributed by atoms with E-state index in [1.54, 1.807) is 6.07 Å². The Hall–Kier alpha value is -2.93. The van der Waals surface area contributed by atoms with Crippen molar-refractivity contribution >= 4 is 11.7 Å². The zero-order chi connectivity index (χ0) is 18.2. The molecule has 0 N–H and O–H groups in total. The van der Waals surface area contributed by atoms with Gasteiger partial charge in [0, 0.05) is 18.6 Å². The largest absolute Gasteiger partial charge is 0.490 e. The van der Waals surface area contributed by atoms with Crippen LogP contribution in [-0.4, -0.2) is 24.6 Å². The number of nitro benzene ring substituents is 1. The molecule has 0 aromatic heterocycles. The van der Waals surface area contributed by atoms with E-state index in [0.717, 1.165) is 5.56 Å². The van der Waals surface area contributed by atoms with Crippen LogP contribution in [0.2, 0.25) is 0 Å². The van der Waals surface area contributed by atoms with Gasteiger partial charge in [-0.2, -0.15) is 0 Å². The predicted octanol–water partition coefficient (Wildman–Crippen LogP) is 3.42. The Bertz CT molecular complexity index is 732. The first-order valence-electron chi connectivity index (χ1n) is 7.63. The summed E-state index contributed by atoms with van der Waals surface area (Å²) in [5, 5.41) is 11.2. The Morgan fingerprint density at radius 1 is 1.16 bits per heavy atom. The number of carbonyl (C=O) groups excluding carboxylic acids is 1. The average Bonchev–Trinajstić information content (AvgIpc) is 2.60. The lowest BCUT2D eigenvalue weighted by molar-refractivity contribution is -0.385. The number of esters is 1. The Labute approximate surface area is 145 Å². The maximum Gasteiger partial charge on any atom is 0.311 e. The lowest BCUT2D eigenvalue weighted by Crippen LogP contribution is -2.16. The number of hydrogen-bond donors (Lipinski definition) is 0. The summed E-state index contributed by atoms with van der Waals surface area (Å²) in [6.07, 6.45) is -0.809. The van der Waals surface area contributed by atoms with Gasteiger partial charge in [-0.3, -0.25) is 14.9 Å². The molecule has 0 aliphatic rings. The minimum absolute atomic E-state index is 0.0476. The first-order valence-corrected chi connectivity index (χ1v) is 7.63. The van der Waals surface area contributed by atoms with Crippen LogP contribution in [0.15, 0.2) is 48.5 Å². The van der Waals surface area contributed by atoms with Gasteiger partial charge in [-0.15, -0.1) is 0 Å². The fourth-order valence-electron chi connectivity index (χ4n) is 2.41. The quantitative estimate of drug-likeness (QED) is 0.414. The molecule has 7 heteroatoms. The molecule has 2 aromatic carbocycles. The fraction of sp³-hybridized carbons (Fsp3) is 0.278. The third-order valence-corrected chi connectivity index (χ3v) is 3.46. The molecule has 2 aromatic rings. The Morgan fingerprint density at radius 3 is 2.48 bits per heavy atom. The van der Waals surface area contributed by atoms with Crippen molar-refractivity contribution in [2.24, 2.45) is 0 Å². The van der Waals surface area contributed by atoms with Crippen LogP contribution in [0.1, 0.15) is 24.2 Å². The molecular weight excluding hydrogens is 326 g/mol. The van der Waals surface area contributed by atoms with Crippen LogP contribution in [0.4, 0.5) is 5.69 Å². The molecule has 132 valence electrons. The number of hydrogen-bond acceptors (Lipinski definition) is 6. The first kappa shape index (κ1) is 18.4. The van der Waals surface area contributed by atoms with Crippen LogP contribution in [0.3, 0.4) is 0 Å². The van der Waals surface area contributed by atoms with Crippen LogP contribution in [0, 0.1) is 10.1 Å².